The van der Waals surface area contributed by atoms with Gasteiger partial charge in [0.05, 0.1) is 0 Å². The molecule has 0 atom stereocenters. The molecule has 0 aliphatic carbocycles. The molecule has 0 spiro atoms. The Morgan fingerprint density at radius 1 is 1.22 bits per heavy atom. The summed E-state index contributed by atoms with van der Waals surface area (Å²) in [5.74, 6) is 0. The van der Waals surface area contributed by atoms with Gasteiger partial charge in [0.1, 0.15) is 0 Å². The molecular weight excluding hydrogens is 224 g/mol. The van der Waals surface area contributed by atoms with Gasteiger partial charge in [0.25, 0.3) is 0 Å². The molecule has 0 aliphatic heterocycles. The van der Waals surface area contributed by atoms with E-state index in [0.717, 1.165) is 50.3 Å². The zero-order valence-corrected chi connectivity index (χ0v) is 11.2. The van der Waals surface area contributed by atoms with Crippen LogP contribution in [0, 0.1) is 0 Å². The second-order valence-corrected chi connectivity index (χ2v) is 4.46. The lowest BCUT2D eigenvalue weighted by Crippen LogP contribution is -2.23. The van der Waals surface area contributed by atoms with Crippen LogP contribution in [0.25, 0.3) is 0 Å². The molecule has 4 heteroatoms. The van der Waals surface area contributed by atoms with Gasteiger partial charge in [-0.15, -0.1) is 0 Å². The van der Waals surface area contributed by atoms with Gasteiger partial charge in [0.2, 0.25) is 0 Å². The fourth-order valence-electron chi connectivity index (χ4n) is 1.70. The first-order chi connectivity index (χ1) is 8.74. The SMILES string of the molecule is CN(CCCN)CCCN=Cc1ccccc1N. The van der Waals surface area contributed by atoms with Crippen LogP contribution in [-0.4, -0.2) is 44.3 Å². The highest BCUT2D eigenvalue weighted by atomic mass is 15.1. The van der Waals surface area contributed by atoms with Crippen molar-refractivity contribution in [3.05, 3.63) is 29.8 Å². The molecule has 0 amide bonds. The molecule has 0 unspecified atom stereocenters. The highest BCUT2D eigenvalue weighted by molar-refractivity contribution is 5.86. The summed E-state index contributed by atoms with van der Waals surface area (Å²) in [7, 11) is 2.12. The van der Waals surface area contributed by atoms with E-state index in [4.69, 9.17) is 11.5 Å². The van der Waals surface area contributed by atoms with E-state index in [2.05, 4.69) is 16.9 Å². The normalized spacial score (nSPS) is 11.5. The predicted octanol–water partition coefficient (Wildman–Crippen LogP) is 1.36. The van der Waals surface area contributed by atoms with Crippen LogP contribution in [0.5, 0.6) is 0 Å². The summed E-state index contributed by atoms with van der Waals surface area (Å²) >= 11 is 0. The topological polar surface area (TPSA) is 67.6 Å². The molecule has 4 N–H and O–H groups in total. The van der Waals surface area contributed by atoms with E-state index in [9.17, 15) is 0 Å². The summed E-state index contributed by atoms with van der Waals surface area (Å²) in [4.78, 5) is 6.69. The molecule has 0 bridgehead atoms. The molecule has 18 heavy (non-hydrogen) atoms. The summed E-state index contributed by atoms with van der Waals surface area (Å²) in [6.07, 6.45) is 3.97. The number of hydrogen-bond donors (Lipinski definition) is 2. The maximum absolute atomic E-state index is 5.83. The quantitative estimate of drug-likeness (QED) is 0.415. The number of hydrogen-bond acceptors (Lipinski definition) is 4. The Morgan fingerprint density at radius 2 is 1.94 bits per heavy atom. The van der Waals surface area contributed by atoms with Gasteiger partial charge in [0.15, 0.2) is 0 Å². The van der Waals surface area contributed by atoms with Gasteiger partial charge in [-0.25, -0.2) is 0 Å². The summed E-state index contributed by atoms with van der Waals surface area (Å²) in [5, 5.41) is 0. The number of rotatable bonds is 8. The average Bonchev–Trinajstić information content (AvgIpc) is 2.38. The fourth-order valence-corrected chi connectivity index (χ4v) is 1.70. The molecule has 0 fully saturated rings. The Bertz CT molecular complexity index is 363. The third kappa shape index (κ3) is 5.80. The van der Waals surface area contributed by atoms with Crippen LogP contribution in [0.1, 0.15) is 18.4 Å². The zero-order valence-electron chi connectivity index (χ0n) is 11.2. The zero-order chi connectivity index (χ0) is 13.2. The molecule has 1 rings (SSSR count). The van der Waals surface area contributed by atoms with Gasteiger partial charge in [-0.2, -0.15) is 0 Å². The van der Waals surface area contributed by atoms with Gasteiger partial charge in [-0.05, 0) is 45.6 Å². The van der Waals surface area contributed by atoms with E-state index in [0.29, 0.717) is 0 Å². The van der Waals surface area contributed by atoms with Crippen molar-refractivity contribution in [2.75, 3.05) is 39.0 Å². The first kappa shape index (κ1) is 14.7. The van der Waals surface area contributed by atoms with Crippen LogP contribution in [0.2, 0.25) is 0 Å². The highest BCUT2D eigenvalue weighted by Gasteiger charge is 1.96. The van der Waals surface area contributed by atoms with Crippen molar-refractivity contribution >= 4 is 11.9 Å². The maximum atomic E-state index is 5.83. The van der Waals surface area contributed by atoms with E-state index in [-0.39, 0.29) is 0 Å². The molecule has 0 aliphatic rings. The molecule has 0 saturated carbocycles. The second-order valence-electron chi connectivity index (χ2n) is 4.46. The number of nitrogens with zero attached hydrogens (tertiary/aromatic N) is 2. The van der Waals surface area contributed by atoms with Crippen LogP contribution in [-0.2, 0) is 0 Å². The van der Waals surface area contributed by atoms with Crippen molar-refractivity contribution in [2.45, 2.75) is 12.8 Å². The molecule has 1 aromatic rings. The van der Waals surface area contributed by atoms with Crippen molar-refractivity contribution in [3.8, 4) is 0 Å². The van der Waals surface area contributed by atoms with Crippen LogP contribution in [0.4, 0.5) is 5.69 Å². The van der Waals surface area contributed by atoms with Crippen molar-refractivity contribution in [2.24, 2.45) is 10.7 Å². The molecule has 0 aromatic heterocycles. The summed E-state index contributed by atoms with van der Waals surface area (Å²) in [5.41, 5.74) is 13.1. The standard InChI is InChI=1S/C14H24N4/c1-18(10-4-8-15)11-5-9-17-12-13-6-2-3-7-14(13)16/h2-3,6-7,12H,4-5,8-11,15-16H2,1H3. The third-order valence-electron chi connectivity index (χ3n) is 2.80. The molecule has 0 saturated heterocycles. The number of anilines is 1. The molecule has 1 aromatic carbocycles. The second kappa shape index (κ2) is 8.66. The van der Waals surface area contributed by atoms with Crippen LogP contribution >= 0.6 is 0 Å². The lowest BCUT2D eigenvalue weighted by molar-refractivity contribution is 0.329. The van der Waals surface area contributed by atoms with E-state index < -0.39 is 0 Å². The molecule has 0 heterocycles. The largest absolute Gasteiger partial charge is 0.398 e. The number of benzene rings is 1. The summed E-state index contributed by atoms with van der Waals surface area (Å²) < 4.78 is 0. The Kier molecular flexibility index (Phi) is 7.06. The number of para-hydroxylation sites is 1. The van der Waals surface area contributed by atoms with Crippen LogP contribution in [0.3, 0.4) is 0 Å². The third-order valence-corrected chi connectivity index (χ3v) is 2.80. The first-order valence-corrected chi connectivity index (χ1v) is 6.47. The van der Waals surface area contributed by atoms with Gasteiger partial charge in [-0.1, -0.05) is 18.2 Å². The van der Waals surface area contributed by atoms with Gasteiger partial charge >= 0.3 is 0 Å². The molecule has 4 nitrogen and oxygen atoms in total. The fraction of sp³-hybridized carbons (Fsp3) is 0.500. The average molecular weight is 248 g/mol. The molecular formula is C14H24N4. The van der Waals surface area contributed by atoms with Crippen molar-refractivity contribution < 1.29 is 0 Å². The van der Waals surface area contributed by atoms with E-state index in [1.54, 1.807) is 0 Å². The minimum atomic E-state index is 0.760. The van der Waals surface area contributed by atoms with Gasteiger partial charge in [-0.3, -0.25) is 4.99 Å². The van der Waals surface area contributed by atoms with Crippen molar-refractivity contribution in [3.63, 3.8) is 0 Å². The van der Waals surface area contributed by atoms with Crippen LogP contribution in [0.15, 0.2) is 29.3 Å². The number of aliphatic imine (C=N–C) groups is 1. The van der Waals surface area contributed by atoms with Crippen molar-refractivity contribution in [1.82, 2.24) is 4.90 Å². The molecule has 0 radical (unpaired) electrons. The lowest BCUT2D eigenvalue weighted by atomic mass is 10.2. The minimum Gasteiger partial charge on any atom is -0.398 e. The van der Waals surface area contributed by atoms with E-state index in [1.807, 2.05) is 30.5 Å². The smallest absolute Gasteiger partial charge is 0.0403 e. The van der Waals surface area contributed by atoms with E-state index >= 15 is 0 Å². The Balaban J connectivity index is 2.20. The van der Waals surface area contributed by atoms with Gasteiger partial charge < -0.3 is 16.4 Å². The number of nitrogens with two attached hydrogens (primary N) is 2. The molecule has 100 valence electrons. The Hall–Kier alpha value is -1.39. The summed E-state index contributed by atoms with van der Waals surface area (Å²) in [6.45, 7) is 3.71. The predicted molar refractivity (Wildman–Crippen MR) is 79.1 cm³/mol. The minimum absolute atomic E-state index is 0.760. The monoisotopic (exact) mass is 248 g/mol. The van der Waals surface area contributed by atoms with Crippen LogP contribution < -0.4 is 11.5 Å². The van der Waals surface area contributed by atoms with E-state index in [1.165, 1.54) is 0 Å². The maximum Gasteiger partial charge on any atom is 0.0403 e. The first-order valence-electron chi connectivity index (χ1n) is 6.47. The van der Waals surface area contributed by atoms with Crippen molar-refractivity contribution in [1.29, 1.82) is 0 Å². The lowest BCUT2D eigenvalue weighted by Gasteiger charge is -2.14. The number of nitrogen functional groups attached to an aromatic ring is 1. The Morgan fingerprint density at radius 3 is 2.67 bits per heavy atom. The summed E-state index contributed by atoms with van der Waals surface area (Å²) in [6, 6.07) is 7.77. The highest BCUT2D eigenvalue weighted by Crippen LogP contribution is 2.07. The van der Waals surface area contributed by atoms with Gasteiger partial charge in [0, 0.05) is 24.0 Å². The Labute approximate surface area is 110 Å².